The average Bonchev–Trinajstić information content (AvgIpc) is 3.04. The maximum Gasteiger partial charge on any atom is 0.220 e. The second kappa shape index (κ2) is 8.65. The van der Waals surface area contributed by atoms with Gasteiger partial charge in [0.05, 0.1) is 0 Å². The molecule has 0 fully saturated rings. The van der Waals surface area contributed by atoms with Crippen LogP contribution in [0, 0.1) is 5.82 Å². The number of carbonyl (C=O) groups is 1. The Morgan fingerprint density at radius 1 is 1.08 bits per heavy atom. The predicted molar refractivity (Wildman–Crippen MR) is 99.3 cm³/mol. The molecule has 0 saturated carbocycles. The fraction of sp³-hybridized carbons (Fsp3) is 0.381. The van der Waals surface area contributed by atoms with Crippen LogP contribution in [-0.4, -0.2) is 25.5 Å². The van der Waals surface area contributed by atoms with Crippen LogP contribution < -0.4 is 10.2 Å². The molecule has 0 aliphatic carbocycles. The van der Waals surface area contributed by atoms with E-state index in [9.17, 15) is 9.18 Å². The summed E-state index contributed by atoms with van der Waals surface area (Å²) in [6, 6.07) is 15.1. The second-order valence-electron chi connectivity index (χ2n) is 6.55. The van der Waals surface area contributed by atoms with E-state index in [4.69, 9.17) is 0 Å². The van der Waals surface area contributed by atoms with Crippen molar-refractivity contribution in [1.29, 1.82) is 0 Å². The summed E-state index contributed by atoms with van der Waals surface area (Å²) in [6.07, 6.45) is 4.33. The van der Waals surface area contributed by atoms with Gasteiger partial charge in [-0.25, -0.2) is 4.39 Å². The summed E-state index contributed by atoms with van der Waals surface area (Å²) >= 11 is 0. The van der Waals surface area contributed by atoms with Crippen LogP contribution in [0.4, 0.5) is 10.1 Å². The van der Waals surface area contributed by atoms with Crippen molar-refractivity contribution in [2.75, 3.05) is 24.5 Å². The lowest BCUT2D eigenvalue weighted by Gasteiger charge is -2.19. The summed E-state index contributed by atoms with van der Waals surface area (Å²) in [5.74, 6) is -0.0876. The van der Waals surface area contributed by atoms with E-state index < -0.39 is 0 Å². The molecule has 0 spiro atoms. The largest absolute Gasteiger partial charge is 0.369 e. The van der Waals surface area contributed by atoms with Gasteiger partial charge in [0.2, 0.25) is 5.91 Å². The summed E-state index contributed by atoms with van der Waals surface area (Å²) in [7, 11) is 0. The molecule has 25 heavy (non-hydrogen) atoms. The van der Waals surface area contributed by atoms with E-state index in [1.807, 2.05) is 12.1 Å². The fourth-order valence-electron chi connectivity index (χ4n) is 3.32. The third-order valence-corrected chi connectivity index (χ3v) is 4.72. The lowest BCUT2D eigenvalue weighted by molar-refractivity contribution is -0.121. The summed E-state index contributed by atoms with van der Waals surface area (Å²) in [6.45, 7) is 2.58. The number of carbonyl (C=O) groups excluding carboxylic acids is 1. The van der Waals surface area contributed by atoms with Crippen LogP contribution in [0.5, 0.6) is 0 Å². The van der Waals surface area contributed by atoms with Gasteiger partial charge in [-0.05, 0) is 55.0 Å². The molecule has 0 unspecified atom stereocenters. The van der Waals surface area contributed by atoms with Crippen molar-refractivity contribution < 1.29 is 9.18 Å². The number of nitrogens with zero attached hydrogens (tertiary/aromatic N) is 1. The lowest BCUT2D eigenvalue weighted by atomic mass is 10.1. The first-order valence-corrected chi connectivity index (χ1v) is 9.06. The van der Waals surface area contributed by atoms with E-state index in [0.29, 0.717) is 13.0 Å². The Balaban J connectivity index is 1.29. The molecule has 132 valence electrons. The van der Waals surface area contributed by atoms with E-state index in [1.54, 1.807) is 0 Å². The molecular weight excluding hydrogens is 315 g/mol. The highest BCUT2D eigenvalue weighted by Gasteiger charge is 2.17. The molecule has 1 heterocycles. The second-order valence-corrected chi connectivity index (χ2v) is 6.55. The third-order valence-electron chi connectivity index (χ3n) is 4.72. The molecule has 0 bridgehead atoms. The van der Waals surface area contributed by atoms with Gasteiger partial charge < -0.3 is 10.2 Å². The van der Waals surface area contributed by atoms with Crippen LogP contribution in [0.1, 0.15) is 30.4 Å². The number of halogens is 1. The van der Waals surface area contributed by atoms with Gasteiger partial charge in [-0.2, -0.15) is 0 Å². The lowest BCUT2D eigenvalue weighted by Crippen LogP contribution is -2.34. The van der Waals surface area contributed by atoms with Gasteiger partial charge >= 0.3 is 0 Å². The summed E-state index contributed by atoms with van der Waals surface area (Å²) in [5, 5.41) is 3.02. The van der Waals surface area contributed by atoms with Crippen LogP contribution in [0.15, 0.2) is 48.5 Å². The Morgan fingerprint density at radius 2 is 1.88 bits per heavy atom. The van der Waals surface area contributed by atoms with E-state index >= 15 is 0 Å². The summed E-state index contributed by atoms with van der Waals surface area (Å²) < 4.78 is 12.8. The molecule has 0 radical (unpaired) electrons. The minimum absolute atomic E-state index is 0.117. The number of amides is 1. The maximum absolute atomic E-state index is 12.8. The minimum Gasteiger partial charge on any atom is -0.369 e. The van der Waals surface area contributed by atoms with Gasteiger partial charge in [-0.1, -0.05) is 30.3 Å². The Morgan fingerprint density at radius 3 is 2.72 bits per heavy atom. The number of hydrogen-bond donors (Lipinski definition) is 1. The molecule has 0 saturated heterocycles. The number of fused-ring (bicyclic) bond motifs is 1. The quantitative estimate of drug-likeness (QED) is 0.743. The van der Waals surface area contributed by atoms with Crippen LogP contribution in [-0.2, 0) is 17.6 Å². The van der Waals surface area contributed by atoms with Gasteiger partial charge in [-0.15, -0.1) is 0 Å². The maximum atomic E-state index is 12.8. The average molecular weight is 340 g/mol. The molecule has 2 aromatic carbocycles. The molecule has 4 heteroatoms. The number of para-hydroxylation sites is 1. The molecule has 0 atom stereocenters. The summed E-state index contributed by atoms with van der Waals surface area (Å²) in [4.78, 5) is 14.3. The van der Waals surface area contributed by atoms with E-state index in [1.165, 1.54) is 23.4 Å². The molecule has 1 amide bonds. The monoisotopic (exact) mass is 340 g/mol. The highest BCUT2D eigenvalue weighted by molar-refractivity contribution is 5.75. The zero-order valence-electron chi connectivity index (χ0n) is 14.5. The van der Waals surface area contributed by atoms with Crippen molar-refractivity contribution in [3.05, 3.63) is 65.5 Å². The highest BCUT2D eigenvalue weighted by atomic mass is 19.1. The molecular formula is C21H25FN2O. The standard InChI is InChI=1S/C21H25FN2O/c22-19-11-9-17(10-12-19)5-1-4-8-21(25)23-14-16-24-15-13-18-6-2-3-7-20(18)24/h2-3,6-7,9-12H,1,4-5,8,13-16H2,(H,23,25). The molecule has 2 aromatic rings. The van der Waals surface area contributed by atoms with Crippen molar-refractivity contribution in [2.24, 2.45) is 0 Å². The van der Waals surface area contributed by atoms with Crippen molar-refractivity contribution in [2.45, 2.75) is 32.1 Å². The van der Waals surface area contributed by atoms with Gasteiger partial charge in [0, 0.05) is 31.7 Å². The molecule has 1 aliphatic heterocycles. The van der Waals surface area contributed by atoms with Crippen LogP contribution >= 0.6 is 0 Å². The number of aryl methyl sites for hydroxylation is 1. The molecule has 3 nitrogen and oxygen atoms in total. The number of rotatable bonds is 8. The van der Waals surface area contributed by atoms with Crippen molar-refractivity contribution >= 4 is 11.6 Å². The first kappa shape index (κ1) is 17.5. The predicted octanol–water partition coefficient (Wildman–Crippen LogP) is 3.72. The van der Waals surface area contributed by atoms with E-state index in [-0.39, 0.29) is 11.7 Å². The van der Waals surface area contributed by atoms with Crippen molar-refractivity contribution in [1.82, 2.24) is 5.32 Å². The van der Waals surface area contributed by atoms with Crippen LogP contribution in [0.2, 0.25) is 0 Å². The van der Waals surface area contributed by atoms with Crippen molar-refractivity contribution in [3.8, 4) is 0 Å². The van der Waals surface area contributed by atoms with Crippen LogP contribution in [0.3, 0.4) is 0 Å². The summed E-state index contributed by atoms with van der Waals surface area (Å²) in [5.41, 5.74) is 3.82. The van der Waals surface area contributed by atoms with Gasteiger partial charge in [0.25, 0.3) is 0 Å². The zero-order valence-corrected chi connectivity index (χ0v) is 14.5. The zero-order chi connectivity index (χ0) is 17.5. The van der Waals surface area contributed by atoms with E-state index in [2.05, 4.69) is 34.5 Å². The minimum atomic E-state index is -0.205. The van der Waals surface area contributed by atoms with Gasteiger partial charge in [0.15, 0.2) is 0 Å². The first-order chi connectivity index (χ1) is 12.2. The molecule has 1 aliphatic rings. The Hall–Kier alpha value is -2.36. The molecule has 0 aromatic heterocycles. The van der Waals surface area contributed by atoms with Crippen molar-refractivity contribution in [3.63, 3.8) is 0 Å². The number of anilines is 1. The Labute approximate surface area is 148 Å². The smallest absolute Gasteiger partial charge is 0.220 e. The fourth-order valence-corrected chi connectivity index (χ4v) is 3.32. The normalized spacial score (nSPS) is 12.9. The Bertz CT molecular complexity index is 699. The number of hydrogen-bond acceptors (Lipinski definition) is 2. The molecule has 1 N–H and O–H groups in total. The number of unbranched alkanes of at least 4 members (excludes halogenated alkanes) is 1. The van der Waals surface area contributed by atoms with Crippen LogP contribution in [0.25, 0.3) is 0 Å². The highest BCUT2D eigenvalue weighted by Crippen LogP contribution is 2.26. The molecule has 3 rings (SSSR count). The van der Waals surface area contributed by atoms with E-state index in [0.717, 1.165) is 44.3 Å². The number of nitrogens with one attached hydrogen (secondary N) is 1. The number of benzene rings is 2. The third kappa shape index (κ3) is 5.05. The Kier molecular flexibility index (Phi) is 6.04. The topological polar surface area (TPSA) is 32.3 Å². The first-order valence-electron chi connectivity index (χ1n) is 9.06. The van der Waals surface area contributed by atoms with Gasteiger partial charge in [0.1, 0.15) is 5.82 Å². The SMILES string of the molecule is O=C(CCCCc1ccc(F)cc1)NCCN1CCc2ccccc21. The van der Waals surface area contributed by atoms with Gasteiger partial charge in [-0.3, -0.25) is 4.79 Å².